The Hall–Kier alpha value is -1.44. The monoisotopic (exact) mass is 398 g/mol. The number of morpholine rings is 1. The molecular formula is C21H32F2N2O3. The Kier molecular flexibility index (Phi) is 7.88. The maximum Gasteiger partial charge on any atom is 0.387 e. The largest absolute Gasteiger partial charge is 0.490 e. The normalized spacial score (nSPS) is 20.3. The van der Waals surface area contributed by atoms with Gasteiger partial charge in [-0.3, -0.25) is 4.90 Å². The molecule has 3 rings (SSSR count). The molecule has 158 valence electrons. The summed E-state index contributed by atoms with van der Waals surface area (Å²) in [6.07, 6.45) is 6.28. The van der Waals surface area contributed by atoms with Gasteiger partial charge >= 0.3 is 6.61 Å². The number of nitrogens with zero attached hydrogens (tertiary/aromatic N) is 1. The minimum Gasteiger partial charge on any atom is -0.490 e. The Labute approximate surface area is 166 Å². The van der Waals surface area contributed by atoms with E-state index in [1.807, 2.05) is 13.0 Å². The quantitative estimate of drug-likeness (QED) is 0.685. The summed E-state index contributed by atoms with van der Waals surface area (Å²) >= 11 is 0. The summed E-state index contributed by atoms with van der Waals surface area (Å²) < 4.78 is 40.7. The first-order valence-electron chi connectivity index (χ1n) is 10.4. The van der Waals surface area contributed by atoms with E-state index in [2.05, 4.69) is 15.0 Å². The van der Waals surface area contributed by atoms with Gasteiger partial charge in [0.1, 0.15) is 0 Å². The van der Waals surface area contributed by atoms with Gasteiger partial charge in [-0.25, -0.2) is 0 Å². The Morgan fingerprint density at radius 1 is 1.14 bits per heavy atom. The Bertz CT molecular complexity index is 603. The van der Waals surface area contributed by atoms with Crippen LogP contribution in [0.4, 0.5) is 8.78 Å². The molecule has 0 aromatic heterocycles. The van der Waals surface area contributed by atoms with Crippen LogP contribution in [0.2, 0.25) is 0 Å². The van der Waals surface area contributed by atoms with Gasteiger partial charge in [0.2, 0.25) is 0 Å². The first-order chi connectivity index (χ1) is 13.6. The molecule has 0 amide bonds. The summed E-state index contributed by atoms with van der Waals surface area (Å²) in [5, 5.41) is 3.61. The van der Waals surface area contributed by atoms with Crippen molar-refractivity contribution in [2.75, 3.05) is 39.5 Å². The van der Waals surface area contributed by atoms with Crippen LogP contribution in [0.15, 0.2) is 18.2 Å². The van der Waals surface area contributed by atoms with Crippen molar-refractivity contribution in [1.82, 2.24) is 10.2 Å². The van der Waals surface area contributed by atoms with E-state index >= 15 is 0 Å². The summed E-state index contributed by atoms with van der Waals surface area (Å²) in [6.45, 7) is 4.57. The molecule has 0 radical (unpaired) electrons. The van der Waals surface area contributed by atoms with Gasteiger partial charge in [0, 0.05) is 31.7 Å². The highest BCUT2D eigenvalue weighted by Gasteiger charge is 2.38. The maximum absolute atomic E-state index is 12.6. The molecule has 28 heavy (non-hydrogen) atoms. The van der Waals surface area contributed by atoms with Gasteiger partial charge in [-0.1, -0.05) is 25.3 Å². The van der Waals surface area contributed by atoms with E-state index in [1.165, 1.54) is 32.1 Å². The van der Waals surface area contributed by atoms with Gasteiger partial charge < -0.3 is 19.5 Å². The first-order valence-corrected chi connectivity index (χ1v) is 10.4. The van der Waals surface area contributed by atoms with Crippen molar-refractivity contribution in [3.63, 3.8) is 0 Å². The zero-order valence-electron chi connectivity index (χ0n) is 16.7. The molecular weight excluding hydrogens is 366 g/mol. The van der Waals surface area contributed by atoms with Crippen LogP contribution in [0.3, 0.4) is 0 Å². The standard InChI is InChI=1S/C21H32F2N2O3/c1-2-27-19-14-17(6-7-18(19)28-20(22)23)15-24-16-21(8-4-3-5-9-21)25-10-12-26-13-11-25/h6-7,14,20,24H,2-5,8-13,15-16H2,1H3. The molecule has 1 heterocycles. The molecule has 0 spiro atoms. The Balaban J connectivity index is 1.62. The van der Waals surface area contributed by atoms with E-state index in [9.17, 15) is 8.78 Å². The highest BCUT2D eigenvalue weighted by atomic mass is 19.3. The summed E-state index contributed by atoms with van der Waals surface area (Å²) in [5.41, 5.74) is 1.20. The fourth-order valence-corrected chi connectivity index (χ4v) is 4.42. The van der Waals surface area contributed by atoms with E-state index in [0.717, 1.165) is 38.4 Å². The number of rotatable bonds is 9. The van der Waals surface area contributed by atoms with E-state index in [0.29, 0.717) is 18.9 Å². The predicted octanol–water partition coefficient (Wildman–Crippen LogP) is 3.81. The van der Waals surface area contributed by atoms with Gasteiger partial charge in [0.15, 0.2) is 11.5 Å². The molecule has 2 fully saturated rings. The van der Waals surface area contributed by atoms with Crippen LogP contribution < -0.4 is 14.8 Å². The highest BCUT2D eigenvalue weighted by Crippen LogP contribution is 2.34. The number of nitrogens with one attached hydrogen (secondary N) is 1. The Morgan fingerprint density at radius 3 is 2.57 bits per heavy atom. The molecule has 0 atom stereocenters. The molecule has 1 aromatic rings. The number of halogens is 2. The van der Waals surface area contributed by atoms with Crippen molar-refractivity contribution >= 4 is 0 Å². The second-order valence-corrected chi connectivity index (χ2v) is 7.58. The lowest BCUT2D eigenvalue weighted by molar-refractivity contribution is -0.0514. The predicted molar refractivity (Wildman–Crippen MR) is 104 cm³/mol. The van der Waals surface area contributed by atoms with Crippen LogP contribution in [0.25, 0.3) is 0 Å². The first kappa shape index (κ1) is 21.3. The molecule has 0 bridgehead atoms. The second-order valence-electron chi connectivity index (χ2n) is 7.58. The number of alkyl halides is 2. The van der Waals surface area contributed by atoms with Crippen LogP contribution >= 0.6 is 0 Å². The van der Waals surface area contributed by atoms with Crippen molar-refractivity contribution < 1.29 is 23.0 Å². The van der Waals surface area contributed by atoms with Crippen molar-refractivity contribution in [1.29, 1.82) is 0 Å². The molecule has 7 heteroatoms. The molecule has 1 aromatic carbocycles. The van der Waals surface area contributed by atoms with Crippen LogP contribution in [-0.4, -0.2) is 56.5 Å². The molecule has 5 nitrogen and oxygen atoms in total. The van der Waals surface area contributed by atoms with E-state index in [4.69, 9.17) is 9.47 Å². The van der Waals surface area contributed by atoms with E-state index in [1.54, 1.807) is 12.1 Å². The van der Waals surface area contributed by atoms with Gasteiger partial charge in [0.05, 0.1) is 19.8 Å². The SMILES string of the molecule is CCOc1cc(CNCC2(N3CCOCC3)CCCCC2)ccc1OC(F)F. The average molecular weight is 398 g/mol. The van der Waals surface area contributed by atoms with Gasteiger partial charge in [-0.05, 0) is 37.5 Å². The maximum atomic E-state index is 12.6. The Morgan fingerprint density at radius 2 is 1.89 bits per heavy atom. The minimum absolute atomic E-state index is 0.0812. The van der Waals surface area contributed by atoms with Crippen molar-refractivity contribution in [2.45, 2.75) is 57.7 Å². The lowest BCUT2D eigenvalue weighted by atomic mass is 9.79. The zero-order valence-corrected chi connectivity index (χ0v) is 16.7. The van der Waals surface area contributed by atoms with Crippen molar-refractivity contribution in [3.8, 4) is 11.5 Å². The van der Waals surface area contributed by atoms with Crippen LogP contribution in [0.1, 0.15) is 44.6 Å². The summed E-state index contributed by atoms with van der Waals surface area (Å²) in [4.78, 5) is 2.61. The van der Waals surface area contributed by atoms with Crippen LogP contribution in [-0.2, 0) is 11.3 Å². The molecule has 0 unspecified atom stereocenters. The third-order valence-electron chi connectivity index (χ3n) is 5.77. The van der Waals surface area contributed by atoms with Crippen LogP contribution in [0, 0.1) is 0 Å². The van der Waals surface area contributed by atoms with E-state index in [-0.39, 0.29) is 11.3 Å². The van der Waals surface area contributed by atoms with Crippen LogP contribution in [0.5, 0.6) is 11.5 Å². The lowest BCUT2D eigenvalue weighted by Gasteiger charge is -2.48. The zero-order chi connectivity index (χ0) is 19.8. The summed E-state index contributed by atoms with van der Waals surface area (Å²) in [6, 6.07) is 5.17. The average Bonchev–Trinajstić information content (AvgIpc) is 2.71. The number of benzene rings is 1. The molecule has 2 aliphatic rings. The fourth-order valence-electron chi connectivity index (χ4n) is 4.42. The topological polar surface area (TPSA) is 43.0 Å². The fraction of sp³-hybridized carbons (Fsp3) is 0.714. The molecule has 1 saturated heterocycles. The lowest BCUT2D eigenvalue weighted by Crippen LogP contribution is -2.59. The summed E-state index contributed by atoms with van der Waals surface area (Å²) in [7, 11) is 0. The molecule has 1 saturated carbocycles. The molecule has 1 aliphatic heterocycles. The number of hydrogen-bond donors (Lipinski definition) is 1. The minimum atomic E-state index is -2.86. The van der Waals surface area contributed by atoms with Gasteiger partial charge in [-0.2, -0.15) is 8.78 Å². The highest BCUT2D eigenvalue weighted by molar-refractivity contribution is 5.43. The summed E-state index contributed by atoms with van der Waals surface area (Å²) in [5.74, 6) is 0.445. The van der Waals surface area contributed by atoms with Gasteiger partial charge in [0.25, 0.3) is 0 Å². The molecule has 1 aliphatic carbocycles. The third-order valence-corrected chi connectivity index (χ3v) is 5.77. The van der Waals surface area contributed by atoms with E-state index < -0.39 is 6.61 Å². The molecule has 1 N–H and O–H groups in total. The number of hydrogen-bond acceptors (Lipinski definition) is 5. The van der Waals surface area contributed by atoms with Crippen molar-refractivity contribution in [3.05, 3.63) is 23.8 Å². The smallest absolute Gasteiger partial charge is 0.387 e. The third kappa shape index (κ3) is 5.55. The number of ether oxygens (including phenoxy) is 3. The van der Waals surface area contributed by atoms with Gasteiger partial charge in [-0.15, -0.1) is 0 Å². The van der Waals surface area contributed by atoms with Crippen molar-refractivity contribution in [2.24, 2.45) is 0 Å². The second kappa shape index (κ2) is 10.4.